The van der Waals surface area contributed by atoms with Gasteiger partial charge in [-0.15, -0.1) is 0 Å². The predicted octanol–water partition coefficient (Wildman–Crippen LogP) is 4.21. The van der Waals surface area contributed by atoms with Crippen molar-refractivity contribution in [3.05, 3.63) is 59.7 Å². The van der Waals surface area contributed by atoms with Crippen LogP contribution in [0.4, 0.5) is 4.79 Å². The van der Waals surface area contributed by atoms with Gasteiger partial charge in [0, 0.05) is 5.92 Å². The molecule has 0 heterocycles. The van der Waals surface area contributed by atoms with E-state index in [1.54, 1.807) is 6.92 Å². The zero-order valence-electron chi connectivity index (χ0n) is 18.8. The Morgan fingerprint density at radius 3 is 2.12 bits per heavy atom. The van der Waals surface area contributed by atoms with Crippen LogP contribution in [0.1, 0.15) is 62.5 Å². The van der Waals surface area contributed by atoms with Crippen molar-refractivity contribution in [1.82, 2.24) is 10.6 Å². The first-order valence-corrected chi connectivity index (χ1v) is 11.6. The predicted molar refractivity (Wildman–Crippen MR) is 124 cm³/mol. The quantitative estimate of drug-likeness (QED) is 0.586. The van der Waals surface area contributed by atoms with Crippen LogP contribution in [0.25, 0.3) is 11.1 Å². The van der Waals surface area contributed by atoms with E-state index in [1.807, 2.05) is 36.4 Å². The van der Waals surface area contributed by atoms with Crippen LogP contribution in [0.5, 0.6) is 0 Å². The first kappa shape index (κ1) is 22.8. The number of carbonyl (C=O) groups excluding carboxylic acids is 2. The minimum absolute atomic E-state index is 0.0734. The molecule has 3 N–H and O–H groups in total. The molecule has 2 aliphatic carbocycles. The molecule has 0 aliphatic heterocycles. The average molecular weight is 451 g/mol. The van der Waals surface area contributed by atoms with Crippen LogP contribution in [-0.2, 0) is 14.3 Å². The van der Waals surface area contributed by atoms with Crippen molar-refractivity contribution in [2.24, 2.45) is 0 Å². The van der Waals surface area contributed by atoms with Crippen LogP contribution in [-0.4, -0.2) is 41.3 Å². The van der Waals surface area contributed by atoms with Gasteiger partial charge in [0.25, 0.3) is 0 Å². The number of carbonyl (C=O) groups is 3. The van der Waals surface area contributed by atoms with Crippen molar-refractivity contribution in [2.45, 2.75) is 62.9 Å². The number of benzene rings is 2. The van der Waals surface area contributed by atoms with E-state index in [0.29, 0.717) is 12.8 Å². The van der Waals surface area contributed by atoms with Gasteiger partial charge in [-0.25, -0.2) is 9.59 Å². The Labute approximate surface area is 193 Å². The molecular weight excluding hydrogens is 420 g/mol. The van der Waals surface area contributed by atoms with E-state index in [2.05, 4.69) is 22.8 Å². The SMILES string of the molecule is CCC(NC(=O)C1(NC(=O)OCC2c3ccccc3-c3ccccc32)CCCCC1)C(=O)O. The van der Waals surface area contributed by atoms with Crippen molar-refractivity contribution in [1.29, 1.82) is 0 Å². The van der Waals surface area contributed by atoms with Crippen LogP contribution in [0.2, 0.25) is 0 Å². The summed E-state index contributed by atoms with van der Waals surface area (Å²) >= 11 is 0. The molecule has 4 rings (SSSR count). The molecule has 1 fully saturated rings. The largest absolute Gasteiger partial charge is 0.480 e. The highest BCUT2D eigenvalue weighted by Crippen LogP contribution is 2.44. The Balaban J connectivity index is 1.47. The monoisotopic (exact) mass is 450 g/mol. The van der Waals surface area contributed by atoms with E-state index >= 15 is 0 Å². The lowest BCUT2D eigenvalue weighted by Crippen LogP contribution is -2.62. The molecule has 7 heteroatoms. The fourth-order valence-corrected chi connectivity index (χ4v) is 5.03. The van der Waals surface area contributed by atoms with E-state index in [1.165, 1.54) is 0 Å². The van der Waals surface area contributed by atoms with Gasteiger partial charge in [-0.1, -0.05) is 74.7 Å². The molecular formula is C26H30N2O5. The van der Waals surface area contributed by atoms with Crippen molar-refractivity contribution in [3.63, 3.8) is 0 Å². The van der Waals surface area contributed by atoms with Gasteiger partial charge < -0.3 is 20.5 Å². The second-order valence-electron chi connectivity index (χ2n) is 8.87. The first-order chi connectivity index (χ1) is 15.9. The third kappa shape index (κ3) is 4.58. The molecule has 33 heavy (non-hydrogen) atoms. The summed E-state index contributed by atoms with van der Waals surface area (Å²) in [6, 6.07) is 15.2. The molecule has 2 amide bonds. The van der Waals surface area contributed by atoms with Gasteiger partial charge >= 0.3 is 12.1 Å². The molecule has 1 atom stereocenters. The summed E-state index contributed by atoms with van der Waals surface area (Å²) in [6.45, 7) is 1.86. The number of rotatable bonds is 7. The number of carboxylic acids is 1. The molecule has 174 valence electrons. The summed E-state index contributed by atoms with van der Waals surface area (Å²) < 4.78 is 5.65. The van der Waals surface area contributed by atoms with Crippen molar-refractivity contribution in [2.75, 3.05) is 6.61 Å². The molecule has 1 unspecified atom stereocenters. The maximum absolute atomic E-state index is 13.1. The average Bonchev–Trinajstić information content (AvgIpc) is 3.15. The van der Waals surface area contributed by atoms with Gasteiger partial charge in [0.15, 0.2) is 0 Å². The Morgan fingerprint density at radius 1 is 1.00 bits per heavy atom. The normalized spacial score (nSPS) is 17.4. The molecule has 0 radical (unpaired) electrons. The van der Waals surface area contributed by atoms with Gasteiger partial charge in [0.2, 0.25) is 5.91 Å². The van der Waals surface area contributed by atoms with E-state index in [4.69, 9.17) is 4.74 Å². The highest BCUT2D eigenvalue weighted by Gasteiger charge is 2.43. The van der Waals surface area contributed by atoms with E-state index in [9.17, 15) is 19.5 Å². The third-order valence-electron chi connectivity index (χ3n) is 6.84. The highest BCUT2D eigenvalue weighted by atomic mass is 16.5. The molecule has 2 aromatic carbocycles. The standard InChI is InChI=1S/C26H30N2O5/c1-2-22(23(29)30)27-24(31)26(14-8-3-9-15-26)28-25(32)33-16-21-19-12-6-4-10-17(19)18-11-5-7-13-20(18)21/h4-7,10-13,21-22H,2-3,8-9,14-16H2,1H3,(H,27,31)(H,28,32)(H,29,30). The summed E-state index contributed by atoms with van der Waals surface area (Å²) in [4.78, 5) is 37.3. The summed E-state index contributed by atoms with van der Waals surface area (Å²) in [5, 5.41) is 14.7. The number of amides is 2. The van der Waals surface area contributed by atoms with Gasteiger partial charge in [-0.3, -0.25) is 4.79 Å². The second-order valence-corrected chi connectivity index (χ2v) is 8.87. The van der Waals surface area contributed by atoms with Crippen molar-refractivity contribution < 1.29 is 24.2 Å². The number of alkyl carbamates (subject to hydrolysis) is 1. The Morgan fingerprint density at radius 2 is 1.58 bits per heavy atom. The van der Waals surface area contributed by atoms with Crippen LogP contribution in [0, 0.1) is 0 Å². The van der Waals surface area contributed by atoms with Gasteiger partial charge in [0.05, 0.1) is 0 Å². The van der Waals surface area contributed by atoms with Gasteiger partial charge in [-0.2, -0.15) is 0 Å². The summed E-state index contributed by atoms with van der Waals surface area (Å²) in [7, 11) is 0. The minimum atomic E-state index is -1.15. The lowest BCUT2D eigenvalue weighted by atomic mass is 9.80. The zero-order chi connectivity index (χ0) is 23.4. The molecule has 7 nitrogen and oxygen atoms in total. The summed E-state index contributed by atoms with van der Waals surface area (Å²) in [5.41, 5.74) is 3.37. The fraction of sp³-hybridized carbons (Fsp3) is 0.423. The van der Waals surface area contributed by atoms with Crippen LogP contribution < -0.4 is 10.6 Å². The number of hydrogen-bond acceptors (Lipinski definition) is 4. The van der Waals surface area contributed by atoms with Crippen LogP contribution in [0.15, 0.2) is 48.5 Å². The highest BCUT2D eigenvalue weighted by molar-refractivity contribution is 5.92. The molecule has 0 spiro atoms. The number of fused-ring (bicyclic) bond motifs is 3. The lowest BCUT2D eigenvalue weighted by Gasteiger charge is -2.37. The smallest absolute Gasteiger partial charge is 0.408 e. The van der Waals surface area contributed by atoms with Crippen molar-refractivity contribution >= 4 is 18.0 Å². The van der Waals surface area contributed by atoms with Gasteiger partial charge in [-0.05, 0) is 41.5 Å². The summed E-state index contributed by atoms with van der Waals surface area (Å²) in [6.07, 6.45) is 3.05. The second kappa shape index (κ2) is 9.65. The number of aliphatic carboxylic acids is 1. The van der Waals surface area contributed by atoms with Crippen LogP contribution in [0.3, 0.4) is 0 Å². The molecule has 2 aliphatic rings. The number of ether oxygens (including phenoxy) is 1. The minimum Gasteiger partial charge on any atom is -0.480 e. The Kier molecular flexibility index (Phi) is 6.67. The zero-order valence-corrected chi connectivity index (χ0v) is 18.8. The summed E-state index contributed by atoms with van der Waals surface area (Å²) in [5.74, 6) is -1.61. The van der Waals surface area contributed by atoms with E-state index in [-0.39, 0.29) is 18.9 Å². The third-order valence-corrected chi connectivity index (χ3v) is 6.84. The first-order valence-electron chi connectivity index (χ1n) is 11.6. The molecule has 0 aromatic heterocycles. The Hall–Kier alpha value is -3.35. The molecule has 1 saturated carbocycles. The maximum Gasteiger partial charge on any atom is 0.408 e. The molecule has 0 saturated heterocycles. The fourth-order valence-electron chi connectivity index (χ4n) is 5.03. The lowest BCUT2D eigenvalue weighted by molar-refractivity contribution is -0.143. The molecule has 2 aromatic rings. The number of carboxylic acid groups (broad SMARTS) is 1. The van der Waals surface area contributed by atoms with Gasteiger partial charge in [0.1, 0.15) is 18.2 Å². The maximum atomic E-state index is 13.1. The number of nitrogens with one attached hydrogen (secondary N) is 2. The Bertz CT molecular complexity index is 999. The van der Waals surface area contributed by atoms with Crippen LogP contribution >= 0.6 is 0 Å². The van der Waals surface area contributed by atoms with Crippen molar-refractivity contribution in [3.8, 4) is 11.1 Å². The molecule has 0 bridgehead atoms. The van der Waals surface area contributed by atoms with E-state index in [0.717, 1.165) is 41.5 Å². The number of hydrogen-bond donors (Lipinski definition) is 3. The van der Waals surface area contributed by atoms with E-state index < -0.39 is 29.6 Å². The topological polar surface area (TPSA) is 105 Å².